The summed E-state index contributed by atoms with van der Waals surface area (Å²) < 4.78 is 5.55. The zero-order valence-corrected chi connectivity index (χ0v) is 10.7. The molecule has 1 aromatic heterocycles. The van der Waals surface area contributed by atoms with Crippen LogP contribution in [0.4, 0.5) is 0 Å². The van der Waals surface area contributed by atoms with Crippen molar-refractivity contribution >= 4 is 0 Å². The molecule has 0 atom stereocenters. The van der Waals surface area contributed by atoms with Crippen molar-refractivity contribution in [2.75, 3.05) is 6.61 Å². The minimum atomic E-state index is -0.371. The van der Waals surface area contributed by atoms with E-state index in [1.165, 1.54) is 0 Å². The van der Waals surface area contributed by atoms with Gasteiger partial charge in [-0.3, -0.25) is 4.79 Å². The molecule has 2 rings (SSSR count). The normalized spacial score (nSPS) is 10.4. The summed E-state index contributed by atoms with van der Waals surface area (Å²) >= 11 is 0. The number of aliphatic hydroxyl groups is 1. The average molecular weight is 260 g/mol. The van der Waals surface area contributed by atoms with Crippen LogP contribution in [0.25, 0.3) is 11.3 Å². The van der Waals surface area contributed by atoms with Crippen LogP contribution in [0.2, 0.25) is 0 Å². The van der Waals surface area contributed by atoms with Crippen molar-refractivity contribution in [1.82, 2.24) is 10.2 Å². The van der Waals surface area contributed by atoms with Gasteiger partial charge in [-0.15, -0.1) is 0 Å². The van der Waals surface area contributed by atoms with E-state index in [2.05, 4.69) is 10.2 Å². The largest absolute Gasteiger partial charge is 0.494 e. The molecular formula is C14H16N2O3. The summed E-state index contributed by atoms with van der Waals surface area (Å²) in [5.41, 5.74) is 1.36. The highest BCUT2D eigenvalue weighted by atomic mass is 16.5. The smallest absolute Gasteiger partial charge is 0.269 e. The Balaban J connectivity index is 2.33. The number of hydrogen-bond acceptors (Lipinski definition) is 4. The first-order valence-electron chi connectivity index (χ1n) is 6.17. The predicted octanol–water partition coefficient (Wildman–Crippen LogP) is 1.72. The maximum Gasteiger partial charge on any atom is 0.269 e. The Morgan fingerprint density at radius 1 is 1.37 bits per heavy atom. The van der Waals surface area contributed by atoms with Crippen molar-refractivity contribution in [2.24, 2.45) is 0 Å². The lowest BCUT2D eigenvalue weighted by Gasteiger charge is -2.07. The van der Waals surface area contributed by atoms with Crippen LogP contribution in [0, 0.1) is 0 Å². The quantitative estimate of drug-likeness (QED) is 0.858. The molecular weight excluding hydrogens is 244 g/mol. The van der Waals surface area contributed by atoms with Crippen molar-refractivity contribution in [2.45, 2.75) is 20.0 Å². The Hall–Kier alpha value is -2.14. The van der Waals surface area contributed by atoms with Gasteiger partial charge in [0.05, 0.1) is 18.9 Å². The van der Waals surface area contributed by atoms with Crippen LogP contribution >= 0.6 is 0 Å². The lowest BCUT2D eigenvalue weighted by molar-refractivity contribution is 0.280. The van der Waals surface area contributed by atoms with Crippen LogP contribution in [0.3, 0.4) is 0 Å². The highest BCUT2D eigenvalue weighted by molar-refractivity contribution is 5.61. The summed E-state index contributed by atoms with van der Waals surface area (Å²) in [7, 11) is 0. The number of rotatable bonds is 5. The zero-order valence-electron chi connectivity index (χ0n) is 10.7. The molecule has 0 saturated carbocycles. The van der Waals surface area contributed by atoms with E-state index in [4.69, 9.17) is 9.84 Å². The van der Waals surface area contributed by atoms with Crippen LogP contribution in [-0.2, 0) is 6.61 Å². The number of nitrogens with one attached hydrogen (secondary N) is 1. The van der Waals surface area contributed by atoms with Gasteiger partial charge in [-0.1, -0.05) is 19.1 Å². The molecule has 0 fully saturated rings. The third-order valence-electron chi connectivity index (χ3n) is 2.65. The van der Waals surface area contributed by atoms with Gasteiger partial charge in [0.15, 0.2) is 0 Å². The molecule has 5 nitrogen and oxygen atoms in total. The molecule has 2 N–H and O–H groups in total. The number of aromatic amines is 1. The predicted molar refractivity (Wildman–Crippen MR) is 72.0 cm³/mol. The topological polar surface area (TPSA) is 75.2 Å². The molecule has 0 amide bonds. The van der Waals surface area contributed by atoms with Gasteiger partial charge in [-0.25, -0.2) is 5.10 Å². The lowest BCUT2D eigenvalue weighted by Crippen LogP contribution is -2.14. The van der Waals surface area contributed by atoms with E-state index in [0.717, 1.165) is 17.7 Å². The number of ether oxygens (including phenoxy) is 1. The molecule has 0 aliphatic rings. The van der Waals surface area contributed by atoms with E-state index in [1.807, 2.05) is 31.2 Å². The summed E-state index contributed by atoms with van der Waals surface area (Å²) in [4.78, 5) is 11.3. The van der Waals surface area contributed by atoms with Crippen molar-refractivity contribution in [3.63, 3.8) is 0 Å². The first-order chi connectivity index (χ1) is 9.24. The number of aliphatic hydroxyl groups excluding tert-OH is 1. The first kappa shape index (κ1) is 13.3. The fourth-order valence-corrected chi connectivity index (χ4v) is 1.68. The molecule has 2 aromatic rings. The average Bonchev–Trinajstić information content (AvgIpc) is 2.46. The van der Waals surface area contributed by atoms with Gasteiger partial charge in [0.2, 0.25) is 0 Å². The molecule has 0 saturated heterocycles. The Kier molecular flexibility index (Phi) is 4.30. The van der Waals surface area contributed by atoms with Crippen molar-refractivity contribution in [3.8, 4) is 17.0 Å². The second-order valence-electron chi connectivity index (χ2n) is 4.14. The van der Waals surface area contributed by atoms with Gasteiger partial charge >= 0.3 is 0 Å². The van der Waals surface area contributed by atoms with Crippen LogP contribution < -0.4 is 10.3 Å². The van der Waals surface area contributed by atoms with Crippen LogP contribution in [0.5, 0.6) is 5.75 Å². The Labute approximate surface area is 110 Å². The van der Waals surface area contributed by atoms with Gasteiger partial charge in [0, 0.05) is 11.1 Å². The Morgan fingerprint density at radius 3 is 2.95 bits per heavy atom. The second kappa shape index (κ2) is 6.15. The van der Waals surface area contributed by atoms with Crippen LogP contribution in [0.15, 0.2) is 35.1 Å². The fraction of sp³-hybridized carbons (Fsp3) is 0.286. The van der Waals surface area contributed by atoms with E-state index in [1.54, 1.807) is 6.07 Å². The van der Waals surface area contributed by atoms with Gasteiger partial charge < -0.3 is 9.84 Å². The molecule has 0 spiro atoms. The molecule has 19 heavy (non-hydrogen) atoms. The summed E-state index contributed by atoms with van der Waals surface area (Å²) in [6.07, 6.45) is 0.940. The van der Waals surface area contributed by atoms with Gasteiger partial charge in [-0.2, -0.15) is 5.10 Å². The minimum absolute atomic E-state index is 0.296. The minimum Gasteiger partial charge on any atom is -0.494 e. The molecule has 0 radical (unpaired) electrons. The molecule has 0 aliphatic heterocycles. The summed E-state index contributed by atoms with van der Waals surface area (Å²) in [5, 5.41) is 15.4. The first-order valence-corrected chi connectivity index (χ1v) is 6.17. The van der Waals surface area contributed by atoms with Crippen molar-refractivity contribution in [3.05, 3.63) is 46.2 Å². The molecule has 0 unspecified atom stereocenters. The molecule has 1 heterocycles. The Morgan fingerprint density at radius 2 is 2.21 bits per heavy atom. The number of hydrogen-bond donors (Lipinski definition) is 2. The highest BCUT2D eigenvalue weighted by Crippen LogP contribution is 2.22. The van der Waals surface area contributed by atoms with E-state index in [-0.39, 0.29) is 12.2 Å². The van der Waals surface area contributed by atoms with E-state index >= 15 is 0 Å². The summed E-state index contributed by atoms with van der Waals surface area (Å²) in [6, 6.07) is 9.05. The molecule has 100 valence electrons. The number of aromatic nitrogens is 2. The molecule has 0 bridgehead atoms. The monoisotopic (exact) mass is 260 g/mol. The molecule has 5 heteroatoms. The molecule has 1 aromatic carbocycles. The standard InChI is InChI=1S/C14H16N2O3/c1-2-6-19-12-5-3-4-10(7-12)13-8-11(9-17)14(18)16-15-13/h3-5,7-8,17H,2,6,9H2,1H3,(H,16,18). The second-order valence-corrected chi connectivity index (χ2v) is 4.14. The Bertz CT molecular complexity index is 608. The van der Waals surface area contributed by atoms with E-state index in [9.17, 15) is 4.79 Å². The third-order valence-corrected chi connectivity index (χ3v) is 2.65. The zero-order chi connectivity index (χ0) is 13.7. The summed E-state index contributed by atoms with van der Waals surface area (Å²) in [6.45, 7) is 2.39. The summed E-state index contributed by atoms with van der Waals surface area (Å²) in [5.74, 6) is 0.762. The van der Waals surface area contributed by atoms with Crippen molar-refractivity contribution in [1.29, 1.82) is 0 Å². The SMILES string of the molecule is CCCOc1cccc(-c2cc(CO)c(=O)[nH]n2)c1. The third kappa shape index (κ3) is 3.20. The van der Waals surface area contributed by atoms with Gasteiger partial charge in [0.1, 0.15) is 5.75 Å². The van der Waals surface area contributed by atoms with Crippen molar-refractivity contribution < 1.29 is 9.84 Å². The van der Waals surface area contributed by atoms with E-state index < -0.39 is 0 Å². The van der Waals surface area contributed by atoms with Gasteiger partial charge in [0.25, 0.3) is 5.56 Å². The highest BCUT2D eigenvalue weighted by Gasteiger charge is 2.05. The maximum atomic E-state index is 11.3. The van der Waals surface area contributed by atoms with Crippen LogP contribution in [-0.4, -0.2) is 21.9 Å². The number of H-pyrrole nitrogens is 1. The fourth-order valence-electron chi connectivity index (χ4n) is 1.68. The van der Waals surface area contributed by atoms with Crippen LogP contribution in [0.1, 0.15) is 18.9 Å². The van der Waals surface area contributed by atoms with E-state index in [0.29, 0.717) is 17.9 Å². The maximum absolute atomic E-state index is 11.3. The molecule has 0 aliphatic carbocycles. The van der Waals surface area contributed by atoms with Gasteiger partial charge in [-0.05, 0) is 24.6 Å². The lowest BCUT2D eigenvalue weighted by atomic mass is 10.1. The number of benzene rings is 1. The number of nitrogens with zero attached hydrogens (tertiary/aromatic N) is 1.